The van der Waals surface area contributed by atoms with Gasteiger partial charge < -0.3 is 4.42 Å². The number of thiophene rings is 1. The molecule has 4 nitrogen and oxygen atoms in total. The molecule has 5 heteroatoms. The Kier molecular flexibility index (Phi) is 6.64. The smallest absolute Gasteiger partial charge is 0.164 e. The van der Waals surface area contributed by atoms with Gasteiger partial charge in [0.25, 0.3) is 0 Å². The van der Waals surface area contributed by atoms with Crippen LogP contribution in [-0.2, 0) is 0 Å². The molecule has 0 bridgehead atoms. The second-order valence-electron chi connectivity index (χ2n) is 12.4. The molecule has 0 aliphatic carbocycles. The van der Waals surface area contributed by atoms with Gasteiger partial charge in [0.15, 0.2) is 17.5 Å². The third-order valence-electron chi connectivity index (χ3n) is 9.36. The monoisotopic (exact) mass is 657 g/mol. The van der Waals surface area contributed by atoms with Crippen LogP contribution < -0.4 is 0 Å². The van der Waals surface area contributed by atoms with Gasteiger partial charge in [0, 0.05) is 47.6 Å². The summed E-state index contributed by atoms with van der Waals surface area (Å²) >= 11 is 1.81. The lowest BCUT2D eigenvalue weighted by Crippen LogP contribution is -2.00. The molecule has 0 aliphatic heterocycles. The second kappa shape index (κ2) is 11.6. The van der Waals surface area contributed by atoms with Crippen molar-refractivity contribution in [3.63, 3.8) is 0 Å². The number of hydrogen-bond donors (Lipinski definition) is 0. The van der Waals surface area contributed by atoms with Crippen LogP contribution in [0.4, 0.5) is 0 Å². The SMILES string of the molecule is c1ccc(-c2ccc(-c3nc(-c4ccc5c(c4)oc4ccccc45)nc(-c4ccc5sc6cc(-c7ccccc7)ccc6c5c4)n3)cc2)cc1. The lowest BCUT2D eigenvalue weighted by atomic mass is 10.0. The van der Waals surface area contributed by atoms with Gasteiger partial charge in [-0.05, 0) is 64.7 Å². The Labute approximate surface area is 292 Å². The van der Waals surface area contributed by atoms with Crippen molar-refractivity contribution in [2.75, 3.05) is 0 Å². The number of para-hydroxylation sites is 1. The second-order valence-corrected chi connectivity index (χ2v) is 13.5. The van der Waals surface area contributed by atoms with Crippen LogP contribution in [-0.4, -0.2) is 15.0 Å². The van der Waals surface area contributed by atoms with E-state index in [2.05, 4.69) is 133 Å². The van der Waals surface area contributed by atoms with Crippen molar-refractivity contribution in [3.05, 3.63) is 164 Å². The predicted octanol–water partition coefficient (Wildman–Crippen LogP) is 12.5. The van der Waals surface area contributed by atoms with Crippen LogP contribution in [0.2, 0.25) is 0 Å². The Morgan fingerprint density at radius 2 is 0.840 bits per heavy atom. The van der Waals surface area contributed by atoms with Crippen molar-refractivity contribution in [1.29, 1.82) is 0 Å². The summed E-state index contributed by atoms with van der Waals surface area (Å²) in [5.41, 5.74) is 9.16. The quantitative estimate of drug-likeness (QED) is 0.185. The summed E-state index contributed by atoms with van der Waals surface area (Å²) in [7, 11) is 0. The minimum atomic E-state index is 0.599. The van der Waals surface area contributed by atoms with E-state index in [9.17, 15) is 0 Å². The molecule has 50 heavy (non-hydrogen) atoms. The van der Waals surface area contributed by atoms with Crippen LogP contribution in [0.25, 0.3) is 98.5 Å². The zero-order valence-electron chi connectivity index (χ0n) is 26.7. The first kappa shape index (κ1) is 28.6. The van der Waals surface area contributed by atoms with E-state index in [-0.39, 0.29) is 0 Å². The summed E-state index contributed by atoms with van der Waals surface area (Å²) in [6.07, 6.45) is 0. The summed E-state index contributed by atoms with van der Waals surface area (Å²) in [4.78, 5) is 15.2. The largest absolute Gasteiger partial charge is 0.456 e. The minimum absolute atomic E-state index is 0.599. The first-order valence-electron chi connectivity index (χ1n) is 16.6. The van der Waals surface area contributed by atoms with Crippen molar-refractivity contribution in [2.45, 2.75) is 0 Å². The molecule has 0 N–H and O–H groups in total. The molecule has 7 aromatic carbocycles. The molecule has 0 amide bonds. The molecule has 234 valence electrons. The van der Waals surface area contributed by atoms with E-state index in [0.29, 0.717) is 17.5 Å². The Balaban J connectivity index is 1.11. The molecular formula is C45H27N3OS. The topological polar surface area (TPSA) is 51.8 Å². The Bertz CT molecular complexity index is 2860. The van der Waals surface area contributed by atoms with Gasteiger partial charge >= 0.3 is 0 Å². The highest BCUT2D eigenvalue weighted by molar-refractivity contribution is 7.25. The Hall–Kier alpha value is -6.43. The van der Waals surface area contributed by atoms with Crippen molar-refractivity contribution in [2.24, 2.45) is 0 Å². The highest BCUT2D eigenvalue weighted by atomic mass is 32.1. The van der Waals surface area contributed by atoms with Crippen LogP contribution in [0, 0.1) is 0 Å². The predicted molar refractivity (Wildman–Crippen MR) is 207 cm³/mol. The van der Waals surface area contributed by atoms with Gasteiger partial charge in [-0.2, -0.15) is 0 Å². The minimum Gasteiger partial charge on any atom is -0.456 e. The Morgan fingerprint density at radius 3 is 1.60 bits per heavy atom. The molecule has 0 unspecified atom stereocenters. The van der Waals surface area contributed by atoms with E-state index >= 15 is 0 Å². The lowest BCUT2D eigenvalue weighted by molar-refractivity contribution is 0.669. The fourth-order valence-electron chi connectivity index (χ4n) is 6.80. The van der Waals surface area contributed by atoms with Gasteiger partial charge in [-0.25, -0.2) is 15.0 Å². The van der Waals surface area contributed by atoms with Gasteiger partial charge in [-0.3, -0.25) is 0 Å². The maximum Gasteiger partial charge on any atom is 0.164 e. The van der Waals surface area contributed by atoms with Crippen molar-refractivity contribution in [1.82, 2.24) is 15.0 Å². The number of aromatic nitrogens is 3. The summed E-state index contributed by atoms with van der Waals surface area (Å²) in [6, 6.07) is 57.0. The molecule has 0 radical (unpaired) electrons. The first-order valence-corrected chi connectivity index (χ1v) is 17.4. The van der Waals surface area contributed by atoms with E-state index in [4.69, 9.17) is 19.4 Å². The van der Waals surface area contributed by atoms with Crippen molar-refractivity contribution < 1.29 is 4.42 Å². The van der Waals surface area contributed by atoms with E-state index in [0.717, 1.165) is 44.2 Å². The van der Waals surface area contributed by atoms with Crippen LogP contribution in [0.3, 0.4) is 0 Å². The van der Waals surface area contributed by atoms with Gasteiger partial charge in [0.1, 0.15) is 11.2 Å². The highest BCUT2D eigenvalue weighted by Gasteiger charge is 2.16. The average Bonchev–Trinajstić information content (AvgIpc) is 3.75. The maximum absolute atomic E-state index is 6.25. The molecule has 0 aliphatic rings. The molecule has 0 saturated carbocycles. The van der Waals surface area contributed by atoms with E-state index in [1.807, 2.05) is 41.7 Å². The van der Waals surface area contributed by atoms with E-state index in [1.54, 1.807) is 0 Å². The molecule has 0 spiro atoms. The fourth-order valence-corrected chi connectivity index (χ4v) is 7.92. The summed E-state index contributed by atoms with van der Waals surface area (Å²) < 4.78 is 8.74. The molecule has 0 fully saturated rings. The van der Waals surface area contributed by atoms with Gasteiger partial charge in [0.05, 0.1) is 0 Å². The fraction of sp³-hybridized carbons (Fsp3) is 0. The van der Waals surface area contributed by atoms with Gasteiger partial charge in [0.2, 0.25) is 0 Å². The number of fused-ring (bicyclic) bond motifs is 6. The third-order valence-corrected chi connectivity index (χ3v) is 10.5. The van der Waals surface area contributed by atoms with E-state index < -0.39 is 0 Å². The van der Waals surface area contributed by atoms with Crippen molar-refractivity contribution in [3.8, 4) is 56.4 Å². The summed E-state index contributed by atoms with van der Waals surface area (Å²) in [5, 5.41) is 4.59. The zero-order chi connectivity index (χ0) is 33.0. The van der Waals surface area contributed by atoms with Gasteiger partial charge in [-0.15, -0.1) is 11.3 Å². The maximum atomic E-state index is 6.25. The van der Waals surface area contributed by atoms with Crippen molar-refractivity contribution >= 4 is 53.4 Å². The molecular weight excluding hydrogens is 631 g/mol. The molecule has 0 saturated heterocycles. The standard InChI is InChI=1S/C45H27N3OS/c1-3-9-28(10-4-1)30-15-17-31(18-16-30)43-46-44(48-45(47-43)34-20-22-36-35-13-7-8-14-39(35)49-40(36)26-34)33-21-24-41-38(25-33)37-23-19-32(27-42(37)50-41)29-11-5-2-6-12-29/h1-27H. The van der Waals surface area contributed by atoms with Crippen LogP contribution >= 0.6 is 11.3 Å². The number of hydrogen-bond acceptors (Lipinski definition) is 5. The van der Waals surface area contributed by atoms with Crippen LogP contribution in [0.5, 0.6) is 0 Å². The van der Waals surface area contributed by atoms with E-state index in [1.165, 1.54) is 36.9 Å². The van der Waals surface area contributed by atoms with Crippen LogP contribution in [0.1, 0.15) is 0 Å². The first-order chi connectivity index (χ1) is 24.7. The summed E-state index contributed by atoms with van der Waals surface area (Å²) in [5.74, 6) is 1.85. The summed E-state index contributed by atoms with van der Waals surface area (Å²) in [6.45, 7) is 0. The highest BCUT2D eigenvalue weighted by Crippen LogP contribution is 2.39. The van der Waals surface area contributed by atoms with Gasteiger partial charge in [-0.1, -0.05) is 121 Å². The molecule has 10 rings (SSSR count). The number of nitrogens with zero attached hydrogens (tertiary/aromatic N) is 3. The Morgan fingerprint density at radius 1 is 0.320 bits per heavy atom. The molecule has 3 heterocycles. The number of rotatable bonds is 5. The number of benzene rings is 7. The average molecular weight is 658 g/mol. The number of furan rings is 1. The molecule has 10 aromatic rings. The van der Waals surface area contributed by atoms with Crippen LogP contribution in [0.15, 0.2) is 168 Å². The lowest BCUT2D eigenvalue weighted by Gasteiger charge is -2.09. The zero-order valence-corrected chi connectivity index (χ0v) is 27.6. The molecule has 0 atom stereocenters. The molecule has 3 aromatic heterocycles. The third kappa shape index (κ3) is 4.95. The normalized spacial score (nSPS) is 11.6.